The molecule has 0 spiro atoms. The fourth-order valence-corrected chi connectivity index (χ4v) is 4.82. The fraction of sp³-hybridized carbons (Fsp3) is 0.650. The molecule has 1 atom stereocenters. The number of carbonyl (C=O) groups is 3. The van der Waals surface area contributed by atoms with Gasteiger partial charge in [0.15, 0.2) is 0 Å². The van der Waals surface area contributed by atoms with Gasteiger partial charge in [0, 0.05) is 11.3 Å². The largest absolute Gasteiger partial charge is 0.481 e. The SMILES string of the molecule is CC(C)OC(=O)c1c(NC(=O)CC(C)(C)CC(=O)O)sc2c1CC[C@@H](C)C2. The molecule has 0 aromatic carbocycles. The number of hydrogen-bond donors (Lipinski definition) is 2. The lowest BCUT2D eigenvalue weighted by atomic mass is 9.85. The van der Waals surface area contributed by atoms with E-state index in [1.165, 1.54) is 11.3 Å². The summed E-state index contributed by atoms with van der Waals surface area (Å²) in [5.74, 6) is -1.08. The Bertz CT molecular complexity index is 735. The molecule has 1 heterocycles. The van der Waals surface area contributed by atoms with Crippen LogP contribution in [0.3, 0.4) is 0 Å². The molecule has 2 rings (SSSR count). The summed E-state index contributed by atoms with van der Waals surface area (Å²) in [4.78, 5) is 37.3. The van der Waals surface area contributed by atoms with Crippen molar-refractivity contribution >= 4 is 34.2 Å². The van der Waals surface area contributed by atoms with E-state index in [4.69, 9.17) is 9.84 Å². The molecule has 150 valence electrons. The molecule has 1 amide bonds. The third-order valence-corrected chi connectivity index (χ3v) is 5.75. The van der Waals surface area contributed by atoms with Crippen LogP contribution < -0.4 is 5.32 Å². The third-order valence-electron chi connectivity index (χ3n) is 4.58. The maximum absolute atomic E-state index is 12.7. The molecular weight excluding hydrogens is 366 g/mol. The zero-order valence-electron chi connectivity index (χ0n) is 16.7. The van der Waals surface area contributed by atoms with Gasteiger partial charge in [0.25, 0.3) is 0 Å². The third kappa shape index (κ3) is 5.79. The lowest BCUT2D eigenvalue weighted by molar-refractivity contribution is -0.139. The molecule has 27 heavy (non-hydrogen) atoms. The number of hydrogen-bond acceptors (Lipinski definition) is 5. The molecule has 1 aromatic heterocycles. The van der Waals surface area contributed by atoms with Gasteiger partial charge in [-0.25, -0.2) is 4.79 Å². The zero-order chi connectivity index (χ0) is 20.4. The summed E-state index contributed by atoms with van der Waals surface area (Å²) in [6.07, 6.45) is 2.43. The topological polar surface area (TPSA) is 92.7 Å². The molecule has 0 unspecified atom stereocenters. The van der Waals surface area contributed by atoms with Crippen LogP contribution >= 0.6 is 11.3 Å². The molecule has 6 nitrogen and oxygen atoms in total. The summed E-state index contributed by atoms with van der Waals surface area (Å²) in [5, 5.41) is 12.4. The Kier molecular flexibility index (Phi) is 6.68. The summed E-state index contributed by atoms with van der Waals surface area (Å²) in [6.45, 7) is 9.27. The van der Waals surface area contributed by atoms with Crippen LogP contribution in [-0.2, 0) is 27.2 Å². The predicted octanol–water partition coefficient (Wildman–Crippen LogP) is 4.27. The van der Waals surface area contributed by atoms with Crippen LogP contribution in [0.4, 0.5) is 5.00 Å². The molecular formula is C20H29NO5S. The Morgan fingerprint density at radius 2 is 1.96 bits per heavy atom. The van der Waals surface area contributed by atoms with Gasteiger partial charge in [-0.15, -0.1) is 11.3 Å². The summed E-state index contributed by atoms with van der Waals surface area (Å²) in [6, 6.07) is 0. The number of anilines is 1. The van der Waals surface area contributed by atoms with E-state index in [9.17, 15) is 14.4 Å². The van der Waals surface area contributed by atoms with Crippen molar-refractivity contribution in [2.24, 2.45) is 11.3 Å². The quantitative estimate of drug-likeness (QED) is 0.673. The van der Waals surface area contributed by atoms with E-state index in [1.54, 1.807) is 27.7 Å². The Morgan fingerprint density at radius 1 is 1.30 bits per heavy atom. The molecule has 7 heteroatoms. The Hall–Kier alpha value is -1.89. The van der Waals surface area contributed by atoms with Crippen LogP contribution in [0, 0.1) is 11.3 Å². The number of nitrogens with one attached hydrogen (secondary N) is 1. The van der Waals surface area contributed by atoms with Crippen molar-refractivity contribution in [1.29, 1.82) is 0 Å². The Balaban J connectivity index is 2.26. The van der Waals surface area contributed by atoms with Crippen molar-refractivity contribution in [3.8, 4) is 0 Å². The van der Waals surface area contributed by atoms with Gasteiger partial charge in [-0.05, 0) is 50.0 Å². The smallest absolute Gasteiger partial charge is 0.341 e. The molecule has 0 fully saturated rings. The summed E-state index contributed by atoms with van der Waals surface area (Å²) in [7, 11) is 0. The van der Waals surface area contributed by atoms with E-state index < -0.39 is 17.4 Å². The maximum Gasteiger partial charge on any atom is 0.341 e. The van der Waals surface area contributed by atoms with E-state index in [0.717, 1.165) is 29.7 Å². The van der Waals surface area contributed by atoms with Gasteiger partial charge < -0.3 is 15.2 Å². The van der Waals surface area contributed by atoms with Crippen LogP contribution in [0.15, 0.2) is 0 Å². The van der Waals surface area contributed by atoms with Crippen LogP contribution in [0.1, 0.15) is 74.7 Å². The fourth-order valence-electron chi connectivity index (χ4n) is 3.41. The van der Waals surface area contributed by atoms with Crippen molar-refractivity contribution in [3.05, 3.63) is 16.0 Å². The highest BCUT2D eigenvalue weighted by molar-refractivity contribution is 7.17. The first-order valence-electron chi connectivity index (χ1n) is 9.35. The molecule has 1 aliphatic rings. The second-order valence-corrected chi connectivity index (χ2v) is 9.57. The lowest BCUT2D eigenvalue weighted by Gasteiger charge is -2.21. The average Bonchev–Trinajstić information content (AvgIpc) is 2.80. The number of fused-ring (bicyclic) bond motifs is 1. The number of aliphatic carboxylic acids is 1. The van der Waals surface area contributed by atoms with E-state index in [2.05, 4.69) is 12.2 Å². The number of carboxylic acid groups (broad SMARTS) is 1. The van der Waals surface area contributed by atoms with Crippen molar-refractivity contribution < 1.29 is 24.2 Å². The van der Waals surface area contributed by atoms with Crippen LogP contribution in [0.5, 0.6) is 0 Å². The van der Waals surface area contributed by atoms with Gasteiger partial charge in [-0.1, -0.05) is 20.8 Å². The minimum Gasteiger partial charge on any atom is -0.481 e. The Morgan fingerprint density at radius 3 is 2.56 bits per heavy atom. The number of amides is 1. The summed E-state index contributed by atoms with van der Waals surface area (Å²) < 4.78 is 5.40. The van der Waals surface area contributed by atoms with E-state index in [-0.39, 0.29) is 24.9 Å². The van der Waals surface area contributed by atoms with Crippen LogP contribution in [0.25, 0.3) is 0 Å². The first-order valence-corrected chi connectivity index (χ1v) is 10.2. The number of esters is 1. The second kappa shape index (κ2) is 8.42. The standard InChI is InChI=1S/C20H29NO5S/c1-11(2)26-19(25)17-13-7-6-12(3)8-14(13)27-18(17)21-15(22)9-20(4,5)10-16(23)24/h11-12H,6-10H2,1-5H3,(H,21,22)(H,23,24)/t12-/m1/s1. The average molecular weight is 396 g/mol. The number of carboxylic acids is 1. The first-order chi connectivity index (χ1) is 12.5. The van der Waals surface area contributed by atoms with Crippen molar-refractivity contribution in [2.75, 3.05) is 5.32 Å². The van der Waals surface area contributed by atoms with E-state index >= 15 is 0 Å². The normalized spacial score (nSPS) is 16.7. The molecule has 2 N–H and O–H groups in total. The zero-order valence-corrected chi connectivity index (χ0v) is 17.5. The minimum absolute atomic E-state index is 0.0664. The molecule has 0 bridgehead atoms. The van der Waals surface area contributed by atoms with Gasteiger partial charge in [0.1, 0.15) is 5.00 Å². The number of thiophene rings is 1. The molecule has 0 aliphatic heterocycles. The van der Waals surface area contributed by atoms with Gasteiger partial charge >= 0.3 is 11.9 Å². The monoisotopic (exact) mass is 395 g/mol. The van der Waals surface area contributed by atoms with Crippen molar-refractivity contribution in [3.63, 3.8) is 0 Å². The highest BCUT2D eigenvalue weighted by atomic mass is 32.1. The number of carbonyl (C=O) groups excluding carboxylic acids is 2. The van der Waals surface area contributed by atoms with Gasteiger partial charge in [-0.2, -0.15) is 0 Å². The second-order valence-electron chi connectivity index (χ2n) is 8.47. The lowest BCUT2D eigenvalue weighted by Crippen LogP contribution is -2.25. The molecule has 1 aromatic rings. The van der Waals surface area contributed by atoms with Gasteiger partial charge in [0.05, 0.1) is 18.1 Å². The van der Waals surface area contributed by atoms with Gasteiger partial charge in [-0.3, -0.25) is 9.59 Å². The first kappa shape index (κ1) is 21.4. The Labute approximate surface area is 164 Å². The highest BCUT2D eigenvalue weighted by Gasteiger charge is 2.31. The van der Waals surface area contributed by atoms with Crippen molar-refractivity contribution in [1.82, 2.24) is 0 Å². The van der Waals surface area contributed by atoms with Crippen molar-refractivity contribution in [2.45, 2.75) is 72.8 Å². The molecule has 0 radical (unpaired) electrons. The molecule has 1 aliphatic carbocycles. The number of ether oxygens (including phenoxy) is 1. The van der Waals surface area contributed by atoms with Gasteiger partial charge in [0.2, 0.25) is 5.91 Å². The maximum atomic E-state index is 12.7. The predicted molar refractivity (Wildman–Crippen MR) is 105 cm³/mol. The summed E-state index contributed by atoms with van der Waals surface area (Å²) in [5.41, 5.74) is 0.795. The molecule has 0 saturated carbocycles. The van der Waals surface area contributed by atoms with E-state index in [0.29, 0.717) is 16.5 Å². The highest BCUT2D eigenvalue weighted by Crippen LogP contribution is 2.40. The molecule has 0 saturated heterocycles. The number of rotatable bonds is 7. The summed E-state index contributed by atoms with van der Waals surface area (Å²) >= 11 is 1.44. The van der Waals surface area contributed by atoms with E-state index in [1.807, 2.05) is 0 Å². The van der Waals surface area contributed by atoms with Crippen LogP contribution in [0.2, 0.25) is 0 Å². The minimum atomic E-state index is -0.936. The van der Waals surface area contributed by atoms with Crippen LogP contribution in [-0.4, -0.2) is 29.1 Å².